The summed E-state index contributed by atoms with van der Waals surface area (Å²) in [6.45, 7) is 2.21. The van der Waals surface area contributed by atoms with Crippen LogP contribution in [-0.2, 0) is 0 Å². The third-order valence-corrected chi connectivity index (χ3v) is 9.08. The van der Waals surface area contributed by atoms with Gasteiger partial charge in [-0.2, -0.15) is 0 Å². The van der Waals surface area contributed by atoms with E-state index in [4.69, 9.17) is 11.1 Å². The summed E-state index contributed by atoms with van der Waals surface area (Å²) >= 11 is 0. The van der Waals surface area contributed by atoms with Crippen LogP contribution in [0.4, 0.5) is 0 Å². The second-order valence-electron chi connectivity index (χ2n) is 8.78. The largest absolute Gasteiger partial charge is 0.370 e. The topological polar surface area (TPSA) is 53.1 Å². The number of guanidine groups is 1. The van der Waals surface area contributed by atoms with E-state index in [2.05, 4.69) is 17.1 Å². The molecule has 1 aliphatic heterocycles. The van der Waals surface area contributed by atoms with Gasteiger partial charge >= 0.3 is 0 Å². The van der Waals surface area contributed by atoms with Crippen molar-refractivity contribution in [2.45, 2.75) is 0 Å². The Bertz CT molecular complexity index is 553. The van der Waals surface area contributed by atoms with E-state index in [0.29, 0.717) is 5.96 Å². The zero-order chi connectivity index (χ0) is 12.9. The lowest BCUT2D eigenvalue weighted by molar-refractivity contribution is -0.125. The van der Waals surface area contributed by atoms with Gasteiger partial charge in [-0.1, -0.05) is 12.2 Å². The van der Waals surface area contributed by atoms with Gasteiger partial charge in [0.2, 0.25) is 0 Å². The van der Waals surface area contributed by atoms with Crippen LogP contribution in [0.15, 0.2) is 12.2 Å². The standard InChI is InChI=1S/C17H21N3/c18-17(19)20-3-7-8(4-20)14-10-6-2-1-5-9(10)13(7)15-11(5)12(6)16(14)15/h1-2,5-16H,3-4H2,(H3,18,19)/t5-,6+,7+,8-,9-,10+,11-,12-,13-,14+,15+,16+/m0/s1. The number of nitrogens with two attached hydrogens (primary N) is 1. The van der Waals surface area contributed by atoms with E-state index in [1.165, 1.54) is 0 Å². The molecule has 1 saturated heterocycles. The average molecular weight is 267 g/mol. The molecule has 104 valence electrons. The molecule has 0 radical (unpaired) electrons. The van der Waals surface area contributed by atoms with Gasteiger partial charge < -0.3 is 10.6 Å². The first-order valence-corrected chi connectivity index (χ1v) is 8.54. The van der Waals surface area contributed by atoms with Crippen LogP contribution in [0.25, 0.3) is 0 Å². The second-order valence-corrected chi connectivity index (χ2v) is 8.78. The molecule has 0 aromatic heterocycles. The van der Waals surface area contributed by atoms with Gasteiger partial charge in [0.1, 0.15) is 0 Å². The van der Waals surface area contributed by atoms with Crippen LogP contribution in [0.1, 0.15) is 0 Å². The summed E-state index contributed by atoms with van der Waals surface area (Å²) in [7, 11) is 0. The summed E-state index contributed by atoms with van der Waals surface area (Å²) in [6, 6.07) is 0. The van der Waals surface area contributed by atoms with Gasteiger partial charge in [0, 0.05) is 13.1 Å². The molecule has 8 rings (SSSR count). The Hall–Kier alpha value is -0.990. The monoisotopic (exact) mass is 267 g/mol. The molecule has 0 spiro atoms. The van der Waals surface area contributed by atoms with Gasteiger partial charge in [-0.05, 0) is 71.0 Å². The molecule has 0 aromatic carbocycles. The average Bonchev–Trinajstić information content (AvgIpc) is 2.99. The molecule has 0 unspecified atom stereocenters. The number of hydrogen-bond donors (Lipinski definition) is 2. The Morgan fingerprint density at radius 1 is 0.800 bits per heavy atom. The molecular weight excluding hydrogens is 246 g/mol. The summed E-state index contributed by atoms with van der Waals surface area (Å²) in [5, 5.41) is 7.81. The summed E-state index contributed by atoms with van der Waals surface area (Å²) in [5.41, 5.74) is 5.80. The lowest BCUT2D eigenvalue weighted by Gasteiger charge is -2.59. The highest BCUT2D eigenvalue weighted by Crippen LogP contribution is 2.87. The van der Waals surface area contributed by atoms with E-state index in [1.807, 2.05) is 0 Å². The van der Waals surface area contributed by atoms with Crippen LogP contribution in [0, 0.1) is 76.4 Å². The molecule has 20 heavy (non-hydrogen) atoms. The molecule has 1 heterocycles. The SMILES string of the molecule is N=C(N)N1C[C@@H]2[C@H](C1)[C@@H]1[C@@H]3[C@H]4C=C[C@H]5[C@@H]3[C@H]2[C@H]2[C@@H]5[C@H]4[C@H]12. The molecule has 4 bridgehead atoms. The molecule has 3 N–H and O–H groups in total. The molecule has 3 heteroatoms. The van der Waals surface area contributed by atoms with E-state index in [-0.39, 0.29) is 0 Å². The predicted molar refractivity (Wildman–Crippen MR) is 74.5 cm³/mol. The van der Waals surface area contributed by atoms with Crippen LogP contribution in [0.3, 0.4) is 0 Å². The minimum atomic E-state index is 0.326. The van der Waals surface area contributed by atoms with Crippen molar-refractivity contribution < 1.29 is 0 Å². The quantitative estimate of drug-likeness (QED) is 0.394. The van der Waals surface area contributed by atoms with E-state index < -0.39 is 0 Å². The zero-order valence-corrected chi connectivity index (χ0v) is 11.5. The van der Waals surface area contributed by atoms with Crippen molar-refractivity contribution in [3.05, 3.63) is 12.2 Å². The van der Waals surface area contributed by atoms with Crippen molar-refractivity contribution in [1.82, 2.24) is 4.90 Å². The van der Waals surface area contributed by atoms with E-state index in [1.54, 1.807) is 0 Å². The Balaban J connectivity index is 1.42. The number of likely N-dealkylation sites (tertiary alicyclic amines) is 1. The maximum absolute atomic E-state index is 7.81. The van der Waals surface area contributed by atoms with Crippen molar-refractivity contribution in [1.29, 1.82) is 5.41 Å². The lowest BCUT2D eigenvalue weighted by Crippen LogP contribution is -2.57. The molecular formula is C17H21N3. The minimum absolute atomic E-state index is 0.326. The number of rotatable bonds is 0. The number of hydrogen-bond acceptors (Lipinski definition) is 1. The predicted octanol–water partition coefficient (Wildman–Crippen LogP) is 1.23. The first-order valence-electron chi connectivity index (χ1n) is 8.54. The van der Waals surface area contributed by atoms with Crippen LogP contribution in [-0.4, -0.2) is 23.9 Å². The van der Waals surface area contributed by atoms with Crippen LogP contribution < -0.4 is 5.73 Å². The Morgan fingerprint density at radius 3 is 1.70 bits per heavy atom. The number of nitrogens with one attached hydrogen (secondary N) is 1. The Morgan fingerprint density at radius 2 is 1.25 bits per heavy atom. The normalized spacial score (nSPS) is 71.7. The molecule has 7 aliphatic carbocycles. The van der Waals surface area contributed by atoms with Crippen LogP contribution in [0.2, 0.25) is 0 Å². The van der Waals surface area contributed by atoms with Crippen LogP contribution >= 0.6 is 0 Å². The Labute approximate surface area is 119 Å². The molecule has 5 saturated carbocycles. The van der Waals surface area contributed by atoms with Crippen molar-refractivity contribution in [2.24, 2.45) is 76.7 Å². The number of allylic oxidation sites excluding steroid dienone is 2. The van der Waals surface area contributed by atoms with E-state index >= 15 is 0 Å². The zero-order valence-electron chi connectivity index (χ0n) is 11.5. The Kier molecular flexibility index (Phi) is 1.27. The van der Waals surface area contributed by atoms with Crippen molar-refractivity contribution in [2.75, 3.05) is 13.1 Å². The summed E-state index contributed by atoms with van der Waals surface area (Å²) in [5.74, 6) is 12.4. The second kappa shape index (κ2) is 2.57. The van der Waals surface area contributed by atoms with Crippen molar-refractivity contribution in [3.63, 3.8) is 0 Å². The van der Waals surface area contributed by atoms with E-state index in [0.717, 1.165) is 84.1 Å². The molecule has 8 aliphatic rings. The molecule has 0 amide bonds. The molecule has 12 atom stereocenters. The van der Waals surface area contributed by atoms with Gasteiger partial charge in [-0.25, -0.2) is 0 Å². The fraction of sp³-hybridized carbons (Fsp3) is 0.824. The van der Waals surface area contributed by atoms with Crippen LogP contribution in [0.5, 0.6) is 0 Å². The highest BCUT2D eigenvalue weighted by Gasteiger charge is 2.84. The van der Waals surface area contributed by atoms with Gasteiger partial charge in [0.15, 0.2) is 5.96 Å². The van der Waals surface area contributed by atoms with Gasteiger partial charge in [0.25, 0.3) is 0 Å². The van der Waals surface area contributed by atoms with Gasteiger partial charge in [-0.3, -0.25) is 5.41 Å². The highest BCUT2D eigenvalue weighted by atomic mass is 15.3. The third kappa shape index (κ3) is 0.681. The fourth-order valence-corrected chi connectivity index (χ4v) is 9.28. The van der Waals surface area contributed by atoms with E-state index in [9.17, 15) is 0 Å². The third-order valence-electron chi connectivity index (χ3n) is 9.08. The minimum Gasteiger partial charge on any atom is -0.370 e. The lowest BCUT2D eigenvalue weighted by atomic mass is 9.44. The smallest absolute Gasteiger partial charge is 0.188 e. The van der Waals surface area contributed by atoms with Crippen molar-refractivity contribution >= 4 is 5.96 Å². The first kappa shape index (κ1) is 9.86. The van der Waals surface area contributed by atoms with Gasteiger partial charge in [0.05, 0.1) is 0 Å². The maximum Gasteiger partial charge on any atom is 0.188 e. The maximum atomic E-state index is 7.81. The summed E-state index contributed by atoms with van der Waals surface area (Å²) in [6.07, 6.45) is 5.24. The fourth-order valence-electron chi connectivity index (χ4n) is 9.28. The number of nitrogens with zero attached hydrogens (tertiary/aromatic N) is 1. The molecule has 6 fully saturated rings. The summed E-state index contributed by atoms with van der Waals surface area (Å²) < 4.78 is 0. The molecule has 0 aromatic rings. The first-order chi connectivity index (χ1) is 9.77. The highest BCUT2D eigenvalue weighted by molar-refractivity contribution is 5.75. The van der Waals surface area contributed by atoms with Gasteiger partial charge in [-0.15, -0.1) is 0 Å². The van der Waals surface area contributed by atoms with Crippen molar-refractivity contribution in [3.8, 4) is 0 Å². The molecule has 3 nitrogen and oxygen atoms in total. The summed E-state index contributed by atoms with van der Waals surface area (Å²) in [4.78, 5) is 2.19.